The zero-order valence-corrected chi connectivity index (χ0v) is 11.0. The highest BCUT2D eigenvalue weighted by Crippen LogP contribution is 2.21. The molecule has 1 amide bonds. The zero-order valence-electron chi connectivity index (χ0n) is 10.2. The van der Waals surface area contributed by atoms with Gasteiger partial charge in [0.1, 0.15) is 11.8 Å². The Morgan fingerprint density at radius 2 is 2.00 bits per heavy atom. The fourth-order valence-corrected chi connectivity index (χ4v) is 2.19. The summed E-state index contributed by atoms with van der Waals surface area (Å²) in [6.45, 7) is 1.35. The molecule has 0 radical (unpaired) electrons. The Morgan fingerprint density at radius 3 is 2.50 bits per heavy atom. The molecule has 0 saturated heterocycles. The zero-order chi connectivity index (χ0) is 13.5. The molecule has 0 aliphatic heterocycles. The molecule has 98 valence electrons. The summed E-state index contributed by atoms with van der Waals surface area (Å²) in [6, 6.07) is 5.93. The van der Waals surface area contributed by atoms with Crippen LogP contribution in [0.4, 0.5) is 0 Å². The second-order valence-corrected chi connectivity index (χ2v) is 4.67. The number of nitrogens with one attached hydrogen (secondary N) is 1. The number of thioether (sulfide) groups is 1. The number of benzene rings is 1. The van der Waals surface area contributed by atoms with E-state index in [-0.39, 0.29) is 11.7 Å². The Balaban J connectivity index is 2.58. The number of phenols is 1. The minimum absolute atomic E-state index is 0.186. The van der Waals surface area contributed by atoms with Crippen molar-refractivity contribution in [3.63, 3.8) is 0 Å². The number of aromatic hydroxyl groups is 1. The lowest BCUT2D eigenvalue weighted by Crippen LogP contribution is -2.42. The maximum absolute atomic E-state index is 11.4. The third kappa shape index (κ3) is 4.67. The van der Waals surface area contributed by atoms with Crippen LogP contribution in [0.5, 0.6) is 5.75 Å². The van der Waals surface area contributed by atoms with Gasteiger partial charge in [0.25, 0.3) is 0 Å². The van der Waals surface area contributed by atoms with Gasteiger partial charge in [-0.1, -0.05) is 0 Å². The average molecular weight is 269 g/mol. The number of methoxy groups -OCH3 is 1. The Bertz CT molecular complexity index is 419. The summed E-state index contributed by atoms with van der Waals surface area (Å²) in [5, 5.41) is 11.7. The van der Waals surface area contributed by atoms with Crippen LogP contribution >= 0.6 is 11.8 Å². The predicted octanol–water partition coefficient (Wildman–Crippen LogP) is 1.16. The van der Waals surface area contributed by atoms with Crippen LogP contribution in [0, 0.1) is 0 Å². The molecule has 0 bridgehead atoms. The van der Waals surface area contributed by atoms with Crippen molar-refractivity contribution in [2.24, 2.45) is 0 Å². The molecule has 2 N–H and O–H groups in total. The molecule has 0 aliphatic carbocycles. The third-order valence-electron chi connectivity index (χ3n) is 2.12. The van der Waals surface area contributed by atoms with Crippen LogP contribution in [0.15, 0.2) is 29.2 Å². The predicted molar refractivity (Wildman–Crippen MR) is 68.5 cm³/mol. The fourth-order valence-electron chi connectivity index (χ4n) is 1.28. The van der Waals surface area contributed by atoms with E-state index in [2.05, 4.69) is 10.1 Å². The molecule has 0 aromatic heterocycles. The Morgan fingerprint density at radius 1 is 1.39 bits per heavy atom. The van der Waals surface area contributed by atoms with Gasteiger partial charge in [0.05, 0.1) is 7.11 Å². The van der Waals surface area contributed by atoms with Crippen LogP contribution < -0.4 is 5.32 Å². The van der Waals surface area contributed by atoms with E-state index in [4.69, 9.17) is 5.11 Å². The lowest BCUT2D eigenvalue weighted by atomic mass is 10.3. The van der Waals surface area contributed by atoms with E-state index in [9.17, 15) is 9.59 Å². The maximum atomic E-state index is 11.4. The number of phenolic OH excluding ortho intramolecular Hbond substituents is 1. The molecular formula is C12H15NO4S. The molecule has 0 spiro atoms. The molecule has 5 nitrogen and oxygen atoms in total. The third-order valence-corrected chi connectivity index (χ3v) is 3.22. The first-order chi connectivity index (χ1) is 8.52. The van der Waals surface area contributed by atoms with Crippen molar-refractivity contribution in [1.29, 1.82) is 0 Å². The van der Waals surface area contributed by atoms with E-state index < -0.39 is 12.0 Å². The van der Waals surface area contributed by atoms with Crippen LogP contribution in [0.1, 0.15) is 6.92 Å². The van der Waals surface area contributed by atoms with Crippen LogP contribution in [-0.4, -0.2) is 35.9 Å². The van der Waals surface area contributed by atoms with E-state index in [0.29, 0.717) is 5.75 Å². The summed E-state index contributed by atoms with van der Waals surface area (Å²) in [5.41, 5.74) is 0. The van der Waals surface area contributed by atoms with E-state index in [1.807, 2.05) is 0 Å². The smallest absolute Gasteiger partial charge is 0.329 e. The van der Waals surface area contributed by atoms with Gasteiger partial charge in [0, 0.05) is 17.6 Å². The molecule has 0 heterocycles. The number of carbonyl (C=O) groups excluding carboxylic acids is 2. The quantitative estimate of drug-likeness (QED) is 0.620. The molecule has 1 atom stereocenters. The average Bonchev–Trinajstić information content (AvgIpc) is 2.35. The van der Waals surface area contributed by atoms with Gasteiger partial charge in [-0.3, -0.25) is 4.79 Å². The summed E-state index contributed by atoms with van der Waals surface area (Å²) in [6.07, 6.45) is 0. The van der Waals surface area contributed by atoms with Crippen LogP contribution in [-0.2, 0) is 14.3 Å². The van der Waals surface area contributed by atoms with E-state index in [1.165, 1.54) is 25.8 Å². The lowest BCUT2D eigenvalue weighted by Gasteiger charge is -2.14. The summed E-state index contributed by atoms with van der Waals surface area (Å²) in [5.74, 6) is -0.198. The highest BCUT2D eigenvalue weighted by molar-refractivity contribution is 7.99. The largest absolute Gasteiger partial charge is 0.508 e. The Hall–Kier alpha value is -1.69. The highest BCUT2D eigenvalue weighted by Gasteiger charge is 2.20. The lowest BCUT2D eigenvalue weighted by molar-refractivity contribution is -0.144. The van der Waals surface area contributed by atoms with Crippen LogP contribution in [0.25, 0.3) is 0 Å². The van der Waals surface area contributed by atoms with Crippen molar-refractivity contribution in [3.05, 3.63) is 24.3 Å². The van der Waals surface area contributed by atoms with Gasteiger partial charge >= 0.3 is 5.97 Å². The van der Waals surface area contributed by atoms with Gasteiger partial charge in [-0.15, -0.1) is 11.8 Å². The number of hydrogen-bond donors (Lipinski definition) is 2. The number of ether oxygens (including phenoxy) is 1. The Kier molecular flexibility index (Phi) is 5.51. The molecular weight excluding hydrogens is 254 g/mol. The maximum Gasteiger partial charge on any atom is 0.329 e. The fraction of sp³-hybridized carbons (Fsp3) is 0.333. The van der Waals surface area contributed by atoms with E-state index in [0.717, 1.165) is 4.90 Å². The van der Waals surface area contributed by atoms with E-state index in [1.54, 1.807) is 24.3 Å². The number of hydrogen-bond acceptors (Lipinski definition) is 5. The molecule has 1 aromatic rings. The van der Waals surface area contributed by atoms with Crippen molar-refractivity contribution >= 4 is 23.6 Å². The molecule has 1 rings (SSSR count). The van der Waals surface area contributed by atoms with Crippen LogP contribution in [0.2, 0.25) is 0 Å². The first kappa shape index (κ1) is 14.4. The standard InChI is InChI=1S/C12H15NO4S/c1-8(14)13-11(12(16)17-2)7-18-10-5-3-9(15)4-6-10/h3-6,11,15H,7H2,1-2H3,(H,13,14). The SMILES string of the molecule is COC(=O)C(CSc1ccc(O)cc1)NC(C)=O. The van der Waals surface area contributed by atoms with E-state index >= 15 is 0 Å². The first-order valence-electron chi connectivity index (χ1n) is 5.29. The van der Waals surface area contributed by atoms with Crippen molar-refractivity contribution in [2.45, 2.75) is 17.9 Å². The summed E-state index contributed by atoms with van der Waals surface area (Å²) >= 11 is 1.40. The number of esters is 1. The van der Waals surface area contributed by atoms with Gasteiger partial charge in [0.2, 0.25) is 5.91 Å². The molecule has 1 unspecified atom stereocenters. The monoisotopic (exact) mass is 269 g/mol. The van der Waals surface area contributed by atoms with Crippen molar-refractivity contribution in [3.8, 4) is 5.75 Å². The number of amides is 1. The normalized spacial score (nSPS) is 11.7. The molecule has 6 heteroatoms. The highest BCUT2D eigenvalue weighted by atomic mass is 32.2. The first-order valence-corrected chi connectivity index (χ1v) is 6.28. The number of carbonyl (C=O) groups is 2. The molecule has 1 aromatic carbocycles. The van der Waals surface area contributed by atoms with Crippen molar-refractivity contribution in [1.82, 2.24) is 5.32 Å². The Labute approximate surface area is 110 Å². The second kappa shape index (κ2) is 6.90. The van der Waals surface area contributed by atoms with Crippen molar-refractivity contribution < 1.29 is 19.4 Å². The topological polar surface area (TPSA) is 75.6 Å². The van der Waals surface area contributed by atoms with Gasteiger partial charge in [-0.2, -0.15) is 0 Å². The molecule has 0 fully saturated rings. The van der Waals surface area contributed by atoms with Gasteiger partial charge in [-0.05, 0) is 24.3 Å². The minimum atomic E-state index is -0.675. The summed E-state index contributed by atoms with van der Waals surface area (Å²) < 4.78 is 4.61. The van der Waals surface area contributed by atoms with Crippen LogP contribution in [0.3, 0.4) is 0 Å². The second-order valence-electron chi connectivity index (χ2n) is 3.58. The van der Waals surface area contributed by atoms with Gasteiger partial charge < -0.3 is 15.2 Å². The minimum Gasteiger partial charge on any atom is -0.508 e. The summed E-state index contributed by atoms with van der Waals surface area (Å²) in [7, 11) is 1.28. The summed E-state index contributed by atoms with van der Waals surface area (Å²) in [4.78, 5) is 23.3. The van der Waals surface area contributed by atoms with Crippen molar-refractivity contribution in [2.75, 3.05) is 12.9 Å². The molecule has 0 aliphatic rings. The number of rotatable bonds is 5. The molecule has 18 heavy (non-hydrogen) atoms. The van der Waals surface area contributed by atoms with Gasteiger partial charge in [0.15, 0.2) is 0 Å². The molecule has 0 saturated carbocycles. The van der Waals surface area contributed by atoms with Gasteiger partial charge in [-0.25, -0.2) is 4.79 Å².